The Bertz CT molecular complexity index is 520. The van der Waals surface area contributed by atoms with Crippen molar-refractivity contribution in [2.75, 3.05) is 0 Å². The molecule has 0 spiro atoms. The summed E-state index contributed by atoms with van der Waals surface area (Å²) in [6, 6.07) is 18.0. The molecule has 0 bridgehead atoms. The molecule has 0 aromatic heterocycles. The van der Waals surface area contributed by atoms with Crippen molar-refractivity contribution < 1.29 is 0 Å². The van der Waals surface area contributed by atoms with Crippen molar-refractivity contribution in [2.24, 2.45) is 0 Å². The molecule has 17 heavy (non-hydrogen) atoms. The van der Waals surface area contributed by atoms with E-state index in [0.29, 0.717) is 3.94 Å². The van der Waals surface area contributed by atoms with Crippen molar-refractivity contribution >= 4 is 57.2 Å². The van der Waals surface area contributed by atoms with Crippen LogP contribution in [0.3, 0.4) is 0 Å². The molecule has 2 rings (SSSR count). The van der Waals surface area contributed by atoms with E-state index in [2.05, 4.69) is 12.6 Å². The second-order valence-electron chi connectivity index (χ2n) is 3.56. The summed E-state index contributed by atoms with van der Waals surface area (Å²) in [4.78, 5) is 0. The van der Waals surface area contributed by atoms with Crippen LogP contribution in [0.5, 0.6) is 0 Å². The number of thiol groups is 1. The van der Waals surface area contributed by atoms with Crippen molar-refractivity contribution in [3.8, 4) is 0 Å². The number of hydrogen-bond donors (Lipinski definition) is 1. The van der Waals surface area contributed by atoms with Gasteiger partial charge in [-0.2, -0.15) is 0 Å². The molecular formula is C13H11PS3. The monoisotopic (exact) mass is 294 g/mol. The van der Waals surface area contributed by atoms with Gasteiger partial charge in [0.05, 0.1) is 9.98 Å². The van der Waals surface area contributed by atoms with Gasteiger partial charge in [-0.25, -0.2) is 0 Å². The first-order valence-electron chi connectivity index (χ1n) is 5.10. The molecule has 0 saturated carbocycles. The smallest absolute Gasteiger partial charge is 0.0862 e. The maximum absolute atomic E-state index is 5.85. The molecule has 0 aliphatic carbocycles. The van der Waals surface area contributed by atoms with Crippen LogP contribution in [0, 0.1) is 0 Å². The molecule has 0 aliphatic rings. The summed E-state index contributed by atoms with van der Waals surface area (Å²) in [7, 11) is 0. The van der Waals surface area contributed by atoms with E-state index in [4.69, 9.17) is 24.0 Å². The zero-order valence-corrected chi connectivity index (χ0v) is 12.4. The quantitative estimate of drug-likeness (QED) is 0.524. The Morgan fingerprint density at radius 1 is 0.824 bits per heavy atom. The Balaban J connectivity index is 2.64. The van der Waals surface area contributed by atoms with Gasteiger partial charge in [0.25, 0.3) is 0 Å². The third-order valence-corrected chi connectivity index (χ3v) is 9.39. The first-order chi connectivity index (χ1) is 8.15. The van der Waals surface area contributed by atoms with Crippen LogP contribution in [0.1, 0.15) is 0 Å². The summed E-state index contributed by atoms with van der Waals surface area (Å²) < 4.78 is 0.616. The minimum absolute atomic E-state index is 0.616. The lowest BCUT2D eigenvalue weighted by molar-refractivity contribution is 1.76. The Morgan fingerprint density at radius 3 is 1.47 bits per heavy atom. The van der Waals surface area contributed by atoms with Crippen molar-refractivity contribution in [3.63, 3.8) is 0 Å². The molecule has 4 heteroatoms. The minimum Gasteiger partial charge on any atom is -0.130 e. The van der Waals surface area contributed by atoms with Gasteiger partial charge in [0, 0.05) is 0 Å². The van der Waals surface area contributed by atoms with Gasteiger partial charge < -0.3 is 0 Å². The van der Waals surface area contributed by atoms with Crippen LogP contribution in [-0.2, 0) is 11.8 Å². The second-order valence-corrected chi connectivity index (χ2v) is 9.72. The highest BCUT2D eigenvalue weighted by atomic mass is 32.4. The van der Waals surface area contributed by atoms with Gasteiger partial charge in [-0.05, 0) is 10.6 Å². The largest absolute Gasteiger partial charge is 0.130 e. The topological polar surface area (TPSA) is 0 Å². The van der Waals surface area contributed by atoms with E-state index in [9.17, 15) is 0 Å². The highest BCUT2D eigenvalue weighted by Gasteiger charge is 2.24. The zero-order chi connectivity index (χ0) is 12.3. The van der Waals surface area contributed by atoms with E-state index in [-0.39, 0.29) is 0 Å². The minimum atomic E-state index is -2.07. The average Bonchev–Trinajstić information content (AvgIpc) is 2.39. The molecule has 0 fully saturated rings. The standard InChI is InChI=1S/C13H11PS3/c15-13(16)14(17,11-7-3-1-4-8-11)12-9-5-2-6-10-12/h1-10H,(H,15,16). The summed E-state index contributed by atoms with van der Waals surface area (Å²) in [6.45, 7) is 0. The van der Waals surface area contributed by atoms with Crippen LogP contribution >= 0.6 is 30.9 Å². The van der Waals surface area contributed by atoms with Gasteiger partial charge in [0.1, 0.15) is 0 Å². The van der Waals surface area contributed by atoms with Crippen LogP contribution in [0.2, 0.25) is 0 Å². The fourth-order valence-electron chi connectivity index (χ4n) is 1.65. The predicted octanol–water partition coefficient (Wildman–Crippen LogP) is 3.33. The Morgan fingerprint density at radius 2 is 1.18 bits per heavy atom. The lowest BCUT2D eigenvalue weighted by Crippen LogP contribution is -2.18. The summed E-state index contributed by atoms with van der Waals surface area (Å²) in [5, 5.41) is 2.20. The summed E-state index contributed by atoms with van der Waals surface area (Å²) in [6.07, 6.45) is 0. The second kappa shape index (κ2) is 5.45. The number of benzene rings is 2. The van der Waals surface area contributed by atoms with Gasteiger partial charge in [0.15, 0.2) is 0 Å². The van der Waals surface area contributed by atoms with E-state index in [1.165, 1.54) is 0 Å². The molecule has 2 aromatic rings. The third-order valence-electron chi connectivity index (χ3n) is 2.51. The van der Waals surface area contributed by atoms with E-state index < -0.39 is 6.04 Å². The molecule has 0 atom stereocenters. The van der Waals surface area contributed by atoms with Crippen LogP contribution in [-0.4, -0.2) is 3.94 Å². The highest BCUT2D eigenvalue weighted by molar-refractivity contribution is 8.45. The number of rotatable bonds is 3. The maximum atomic E-state index is 5.85. The molecule has 0 amide bonds. The summed E-state index contributed by atoms with van der Waals surface area (Å²) in [5.41, 5.74) is 0. The van der Waals surface area contributed by atoms with Gasteiger partial charge in [-0.15, -0.1) is 12.6 Å². The fraction of sp³-hybridized carbons (Fsp3) is 0. The molecule has 2 aromatic carbocycles. The van der Waals surface area contributed by atoms with Crippen LogP contribution < -0.4 is 10.6 Å². The van der Waals surface area contributed by atoms with E-state index in [0.717, 1.165) is 10.6 Å². The fourth-order valence-corrected chi connectivity index (χ4v) is 5.63. The van der Waals surface area contributed by atoms with Crippen molar-refractivity contribution in [2.45, 2.75) is 0 Å². The van der Waals surface area contributed by atoms with Gasteiger partial charge in [0.2, 0.25) is 0 Å². The molecule has 86 valence electrons. The van der Waals surface area contributed by atoms with Crippen molar-refractivity contribution in [3.05, 3.63) is 60.7 Å². The van der Waals surface area contributed by atoms with Crippen LogP contribution in [0.25, 0.3) is 0 Å². The van der Waals surface area contributed by atoms with E-state index in [1.807, 2.05) is 60.7 Å². The lowest BCUT2D eigenvalue weighted by Gasteiger charge is -2.21. The molecule has 0 aliphatic heterocycles. The van der Waals surface area contributed by atoms with Crippen LogP contribution in [0.15, 0.2) is 60.7 Å². The third kappa shape index (κ3) is 2.53. The SMILES string of the molecule is S=C(S)P(=S)(c1ccccc1)c1ccccc1. The first kappa shape index (κ1) is 13.0. The molecule has 0 unspecified atom stereocenters. The molecule has 0 saturated heterocycles. The predicted molar refractivity (Wildman–Crippen MR) is 88.0 cm³/mol. The van der Waals surface area contributed by atoms with Crippen LogP contribution in [0.4, 0.5) is 0 Å². The Labute approximate surface area is 117 Å². The lowest BCUT2D eigenvalue weighted by atomic mass is 10.4. The van der Waals surface area contributed by atoms with E-state index >= 15 is 0 Å². The van der Waals surface area contributed by atoms with Gasteiger partial charge >= 0.3 is 0 Å². The number of hydrogen-bond acceptors (Lipinski definition) is 2. The average molecular weight is 294 g/mol. The molecule has 0 N–H and O–H groups in total. The molecule has 0 heterocycles. The molecular weight excluding hydrogens is 283 g/mol. The van der Waals surface area contributed by atoms with Crippen molar-refractivity contribution in [1.82, 2.24) is 0 Å². The Kier molecular flexibility index (Phi) is 4.16. The van der Waals surface area contributed by atoms with Gasteiger partial charge in [-0.1, -0.05) is 84.7 Å². The summed E-state index contributed by atoms with van der Waals surface area (Å²) >= 11 is 15.5. The van der Waals surface area contributed by atoms with Gasteiger partial charge in [-0.3, -0.25) is 0 Å². The normalized spacial score (nSPS) is 11.1. The number of thiocarbonyl (C=S) groups is 1. The first-order valence-corrected chi connectivity index (χ1v) is 8.76. The highest BCUT2D eigenvalue weighted by Crippen LogP contribution is 2.46. The van der Waals surface area contributed by atoms with Crippen molar-refractivity contribution in [1.29, 1.82) is 0 Å². The maximum Gasteiger partial charge on any atom is 0.0862 e. The zero-order valence-electron chi connectivity index (χ0n) is 8.98. The molecule has 0 nitrogen and oxygen atoms in total. The summed E-state index contributed by atoms with van der Waals surface area (Å²) in [5.74, 6) is 0. The van der Waals surface area contributed by atoms with E-state index in [1.54, 1.807) is 0 Å². The molecule has 0 radical (unpaired) electrons. The Hall–Kier alpha value is -0.470.